The van der Waals surface area contributed by atoms with E-state index >= 15 is 0 Å². The Morgan fingerprint density at radius 2 is 2.04 bits per heavy atom. The van der Waals surface area contributed by atoms with Gasteiger partial charge in [0.1, 0.15) is 5.52 Å². The Bertz CT molecular complexity index is 1110. The van der Waals surface area contributed by atoms with Crippen LogP contribution in [0.25, 0.3) is 22.6 Å². The maximum Gasteiger partial charge on any atom is 0.257 e. The second-order valence-electron chi connectivity index (χ2n) is 5.52. The first kappa shape index (κ1) is 17.0. The minimum absolute atomic E-state index is 0.274. The lowest BCUT2D eigenvalue weighted by atomic mass is 10.2. The van der Waals surface area contributed by atoms with Crippen molar-refractivity contribution < 1.29 is 9.21 Å². The van der Waals surface area contributed by atoms with Crippen molar-refractivity contribution in [1.29, 1.82) is 0 Å². The molecule has 0 aliphatic carbocycles. The van der Waals surface area contributed by atoms with E-state index in [2.05, 4.69) is 37.9 Å². The number of pyridine rings is 1. The average Bonchev–Trinajstić information content (AvgIpc) is 3.08. The van der Waals surface area contributed by atoms with Crippen molar-refractivity contribution in [3.63, 3.8) is 0 Å². The van der Waals surface area contributed by atoms with Crippen LogP contribution < -0.4 is 5.32 Å². The highest BCUT2D eigenvalue weighted by Gasteiger charge is 2.13. The summed E-state index contributed by atoms with van der Waals surface area (Å²) in [5.74, 6) is 0.209. The van der Waals surface area contributed by atoms with Crippen molar-refractivity contribution in [2.45, 2.75) is 0 Å². The molecule has 0 radical (unpaired) electrons. The number of benzene rings is 2. The van der Waals surface area contributed by atoms with E-state index in [1.54, 1.807) is 42.7 Å². The number of amides is 1. The Hall–Kier alpha value is -2.45. The molecule has 0 unspecified atom stereocenters. The molecule has 0 spiro atoms. The van der Waals surface area contributed by atoms with Gasteiger partial charge in [-0.2, -0.15) is 0 Å². The molecule has 0 aliphatic rings. The summed E-state index contributed by atoms with van der Waals surface area (Å²) in [4.78, 5) is 21.0. The lowest BCUT2D eigenvalue weighted by Gasteiger charge is -2.07. The highest BCUT2D eigenvalue weighted by molar-refractivity contribution is 14.1. The molecule has 0 saturated heterocycles. The summed E-state index contributed by atoms with van der Waals surface area (Å²) < 4.78 is 6.68. The van der Waals surface area contributed by atoms with Crippen molar-refractivity contribution in [2.24, 2.45) is 0 Å². The van der Waals surface area contributed by atoms with Crippen LogP contribution in [0.15, 0.2) is 65.3 Å². The number of rotatable bonds is 3. The van der Waals surface area contributed by atoms with Gasteiger partial charge in [-0.3, -0.25) is 9.78 Å². The third-order valence-electron chi connectivity index (χ3n) is 3.73. The second kappa shape index (κ2) is 7.05. The van der Waals surface area contributed by atoms with E-state index < -0.39 is 0 Å². The van der Waals surface area contributed by atoms with Crippen LogP contribution in [0.4, 0.5) is 5.69 Å². The molecule has 0 aliphatic heterocycles. The number of carbonyl (C=O) groups is 1. The molecule has 26 heavy (non-hydrogen) atoms. The van der Waals surface area contributed by atoms with Gasteiger partial charge in [-0.1, -0.05) is 11.6 Å². The van der Waals surface area contributed by atoms with Crippen molar-refractivity contribution in [1.82, 2.24) is 9.97 Å². The van der Waals surface area contributed by atoms with Crippen LogP contribution in [0.2, 0.25) is 5.02 Å². The highest BCUT2D eigenvalue weighted by Crippen LogP contribution is 2.26. The molecule has 0 saturated carbocycles. The Labute approximate surface area is 167 Å². The van der Waals surface area contributed by atoms with E-state index in [4.69, 9.17) is 16.0 Å². The summed E-state index contributed by atoms with van der Waals surface area (Å²) in [5, 5.41) is 3.25. The molecular weight excluding hydrogens is 465 g/mol. The summed E-state index contributed by atoms with van der Waals surface area (Å²) in [6, 6.07) is 14.3. The number of nitrogens with one attached hydrogen (secondary N) is 1. The second-order valence-corrected chi connectivity index (χ2v) is 7.17. The fraction of sp³-hybridized carbons (Fsp3) is 0. The topological polar surface area (TPSA) is 68.0 Å². The molecular formula is C19H11ClIN3O2. The fourth-order valence-corrected chi connectivity index (χ4v) is 3.18. The molecule has 2 aromatic heterocycles. The smallest absolute Gasteiger partial charge is 0.257 e. The first-order valence-corrected chi connectivity index (χ1v) is 9.13. The van der Waals surface area contributed by atoms with Crippen molar-refractivity contribution in [2.75, 3.05) is 5.32 Å². The molecule has 128 valence electrons. The molecule has 0 bridgehead atoms. The van der Waals surface area contributed by atoms with E-state index in [9.17, 15) is 4.79 Å². The molecule has 1 amide bonds. The third-order valence-corrected chi connectivity index (χ3v) is 4.73. The molecule has 5 nitrogen and oxygen atoms in total. The summed E-state index contributed by atoms with van der Waals surface area (Å²) in [7, 11) is 0. The minimum atomic E-state index is -0.274. The van der Waals surface area contributed by atoms with Gasteiger partial charge in [-0.15, -0.1) is 0 Å². The number of anilines is 1. The number of fused-ring (bicyclic) bond motifs is 1. The molecule has 1 N–H and O–H groups in total. The standard InChI is InChI=1S/C19H11ClIN3O2/c20-15-5-3-12(21)8-14(15)18(25)23-13-4-6-17-16(9-13)24-19(26-17)11-2-1-7-22-10-11/h1-10H,(H,23,25). The van der Waals surface area contributed by atoms with Gasteiger partial charge >= 0.3 is 0 Å². The first-order chi connectivity index (χ1) is 12.6. The van der Waals surface area contributed by atoms with Crippen LogP contribution in [0.5, 0.6) is 0 Å². The number of halogens is 2. The minimum Gasteiger partial charge on any atom is -0.436 e. The Morgan fingerprint density at radius 1 is 1.15 bits per heavy atom. The monoisotopic (exact) mass is 475 g/mol. The maximum absolute atomic E-state index is 12.5. The molecule has 2 heterocycles. The van der Waals surface area contributed by atoms with Crippen molar-refractivity contribution in [3.8, 4) is 11.5 Å². The zero-order chi connectivity index (χ0) is 18.1. The van der Waals surface area contributed by atoms with Crippen LogP contribution in [0, 0.1) is 3.57 Å². The maximum atomic E-state index is 12.5. The number of hydrogen-bond donors (Lipinski definition) is 1. The van der Waals surface area contributed by atoms with E-state index in [1.807, 2.05) is 18.2 Å². The third kappa shape index (κ3) is 3.42. The summed E-state index contributed by atoms with van der Waals surface area (Å²) >= 11 is 8.27. The molecule has 7 heteroatoms. The van der Waals surface area contributed by atoms with Crippen LogP contribution in [-0.2, 0) is 0 Å². The average molecular weight is 476 g/mol. The van der Waals surface area contributed by atoms with Crippen LogP contribution in [0.1, 0.15) is 10.4 Å². The lowest BCUT2D eigenvalue weighted by Crippen LogP contribution is -2.12. The van der Waals surface area contributed by atoms with E-state index in [0.29, 0.717) is 33.3 Å². The lowest BCUT2D eigenvalue weighted by molar-refractivity contribution is 0.102. The Morgan fingerprint density at radius 3 is 2.85 bits per heavy atom. The van der Waals surface area contributed by atoms with Crippen molar-refractivity contribution in [3.05, 3.63) is 75.1 Å². The zero-order valence-corrected chi connectivity index (χ0v) is 16.2. The fourth-order valence-electron chi connectivity index (χ4n) is 2.49. The normalized spacial score (nSPS) is 10.8. The molecule has 4 rings (SSSR count). The van der Waals surface area contributed by atoms with Gasteiger partial charge in [0.25, 0.3) is 5.91 Å². The molecule has 0 fully saturated rings. The quantitative estimate of drug-likeness (QED) is 0.403. The molecule has 4 aromatic rings. The van der Waals surface area contributed by atoms with Crippen LogP contribution in [-0.4, -0.2) is 15.9 Å². The number of nitrogens with zero attached hydrogens (tertiary/aromatic N) is 2. The van der Waals surface area contributed by atoms with Gasteiger partial charge in [0.05, 0.1) is 16.1 Å². The summed E-state index contributed by atoms with van der Waals surface area (Å²) in [6.07, 6.45) is 3.38. The van der Waals surface area contributed by atoms with Crippen LogP contribution in [0.3, 0.4) is 0 Å². The van der Waals surface area contributed by atoms with Gasteiger partial charge in [0.15, 0.2) is 5.58 Å². The predicted molar refractivity (Wildman–Crippen MR) is 109 cm³/mol. The predicted octanol–water partition coefficient (Wildman–Crippen LogP) is 5.40. The van der Waals surface area contributed by atoms with Gasteiger partial charge < -0.3 is 9.73 Å². The van der Waals surface area contributed by atoms with Gasteiger partial charge in [0.2, 0.25) is 5.89 Å². The van der Waals surface area contributed by atoms with Crippen molar-refractivity contribution >= 4 is 56.9 Å². The molecule has 0 atom stereocenters. The van der Waals surface area contributed by atoms with Gasteiger partial charge in [0, 0.05) is 21.7 Å². The highest BCUT2D eigenvalue weighted by atomic mass is 127. The first-order valence-electron chi connectivity index (χ1n) is 7.67. The van der Waals surface area contributed by atoms with Crippen LogP contribution >= 0.6 is 34.2 Å². The van der Waals surface area contributed by atoms with E-state index in [-0.39, 0.29) is 5.91 Å². The largest absolute Gasteiger partial charge is 0.436 e. The zero-order valence-electron chi connectivity index (χ0n) is 13.2. The summed E-state index contributed by atoms with van der Waals surface area (Å²) in [6.45, 7) is 0. The van der Waals surface area contributed by atoms with Gasteiger partial charge in [-0.05, 0) is 71.1 Å². The number of oxazole rings is 1. The SMILES string of the molecule is O=C(Nc1ccc2oc(-c3cccnc3)nc2c1)c1cc(I)ccc1Cl. The summed E-state index contributed by atoms with van der Waals surface area (Å²) in [5.41, 5.74) is 3.11. The van der Waals surface area contributed by atoms with E-state index in [1.165, 1.54) is 0 Å². The number of carbonyl (C=O) groups excluding carboxylic acids is 1. The number of hydrogen-bond acceptors (Lipinski definition) is 4. The Kier molecular flexibility index (Phi) is 4.60. The molecule has 2 aromatic carbocycles. The van der Waals surface area contributed by atoms with E-state index in [0.717, 1.165) is 9.13 Å². The number of aromatic nitrogens is 2. The Balaban J connectivity index is 1.63. The van der Waals surface area contributed by atoms with Gasteiger partial charge in [-0.25, -0.2) is 4.98 Å².